The van der Waals surface area contributed by atoms with Crippen LogP contribution in [0.4, 0.5) is 0 Å². The van der Waals surface area contributed by atoms with Crippen molar-refractivity contribution in [3.63, 3.8) is 0 Å². The number of methoxy groups -OCH3 is 3. The third-order valence-corrected chi connectivity index (χ3v) is 6.94. The first kappa shape index (κ1) is 23.5. The molecule has 11 heteroatoms. The summed E-state index contributed by atoms with van der Waals surface area (Å²) in [4.78, 5) is 0. The van der Waals surface area contributed by atoms with Crippen LogP contribution in [0.5, 0.6) is 0 Å². The predicted octanol–water partition coefficient (Wildman–Crippen LogP) is 1.55. The second kappa shape index (κ2) is 9.99. The lowest BCUT2D eigenvalue weighted by Gasteiger charge is -2.33. The fourth-order valence-electron chi connectivity index (χ4n) is 3.03. The molecule has 3 aliphatic heterocycles. The molecule has 3 fully saturated rings. The predicted molar refractivity (Wildman–Crippen MR) is 101 cm³/mol. The summed E-state index contributed by atoms with van der Waals surface area (Å²) in [7, 11) is 0.549. The van der Waals surface area contributed by atoms with Gasteiger partial charge in [-0.05, 0) is 20.8 Å². The second-order valence-corrected chi connectivity index (χ2v) is 9.12. The van der Waals surface area contributed by atoms with Gasteiger partial charge < -0.3 is 28.4 Å². The molecule has 0 aromatic carbocycles. The first-order chi connectivity index (χ1) is 13.8. The van der Waals surface area contributed by atoms with E-state index in [1.165, 1.54) is 0 Å². The second-order valence-electron chi connectivity index (χ2n) is 7.60. The highest BCUT2D eigenvalue weighted by Gasteiger charge is 2.51. The van der Waals surface area contributed by atoms with Crippen LogP contribution in [0.15, 0.2) is 0 Å². The Hall–Kier alpha value is -0.130. The van der Waals surface area contributed by atoms with Crippen LogP contribution in [0, 0.1) is 0 Å². The van der Waals surface area contributed by atoms with E-state index in [0.717, 1.165) is 0 Å². The molecule has 0 aromatic heterocycles. The largest absolute Gasteiger partial charge is 0.476 e. The minimum atomic E-state index is -4.11. The molecule has 10 nitrogen and oxygen atoms in total. The fraction of sp³-hybridized carbons (Fsp3) is 1.00. The maximum Gasteiger partial charge on any atom is 0.476 e. The standard InChI is InChI=1S/C18H33O10P/c1-10(20-4)16(13-7-23-13)26-29(19,27-17(11(2)21-5)14-8-24-14)28-18(12(3)22-6)15-9-25-15/h10-18H,7-9H2,1-6H3. The number of hydrogen-bond donors (Lipinski definition) is 0. The highest BCUT2D eigenvalue weighted by molar-refractivity contribution is 7.48. The summed E-state index contributed by atoms with van der Waals surface area (Å²) in [6.45, 7) is 6.92. The van der Waals surface area contributed by atoms with E-state index in [0.29, 0.717) is 19.8 Å². The van der Waals surface area contributed by atoms with E-state index in [2.05, 4.69) is 0 Å². The molecule has 0 spiro atoms. The van der Waals surface area contributed by atoms with E-state index in [1.807, 2.05) is 20.8 Å². The van der Waals surface area contributed by atoms with Crippen LogP contribution in [0.1, 0.15) is 20.8 Å². The maximum absolute atomic E-state index is 13.9. The summed E-state index contributed by atoms with van der Waals surface area (Å²) in [5, 5.41) is 0. The summed E-state index contributed by atoms with van der Waals surface area (Å²) < 4.78 is 64.1. The Kier molecular flexibility index (Phi) is 8.11. The number of epoxide rings is 3. The number of phosphoric acid groups is 1. The van der Waals surface area contributed by atoms with Gasteiger partial charge >= 0.3 is 7.82 Å². The Bertz CT molecular complexity index is 489. The van der Waals surface area contributed by atoms with Crippen molar-refractivity contribution in [2.75, 3.05) is 41.2 Å². The zero-order chi connectivity index (χ0) is 21.2. The van der Waals surface area contributed by atoms with Gasteiger partial charge in [0, 0.05) is 21.3 Å². The molecule has 3 heterocycles. The van der Waals surface area contributed by atoms with Crippen LogP contribution >= 0.6 is 7.82 Å². The van der Waals surface area contributed by atoms with Crippen molar-refractivity contribution in [1.29, 1.82) is 0 Å². The number of rotatable bonds is 15. The van der Waals surface area contributed by atoms with Crippen LogP contribution in [-0.2, 0) is 46.6 Å². The molecule has 0 amide bonds. The van der Waals surface area contributed by atoms with E-state index < -0.39 is 26.1 Å². The van der Waals surface area contributed by atoms with Crippen LogP contribution < -0.4 is 0 Å². The van der Waals surface area contributed by atoms with Crippen molar-refractivity contribution in [1.82, 2.24) is 0 Å². The average Bonchev–Trinajstić information content (AvgIpc) is 3.58. The number of ether oxygens (including phenoxy) is 6. The van der Waals surface area contributed by atoms with Crippen molar-refractivity contribution in [3.05, 3.63) is 0 Å². The van der Waals surface area contributed by atoms with Gasteiger partial charge in [0.2, 0.25) is 0 Å². The summed E-state index contributed by atoms with van der Waals surface area (Å²) in [5.41, 5.74) is 0. The zero-order valence-electron chi connectivity index (χ0n) is 17.8. The van der Waals surface area contributed by atoms with Gasteiger partial charge in [-0.3, -0.25) is 13.6 Å². The fourth-order valence-corrected chi connectivity index (χ4v) is 4.99. The third-order valence-electron chi connectivity index (χ3n) is 5.43. The van der Waals surface area contributed by atoms with E-state index in [1.54, 1.807) is 21.3 Å². The molecular formula is C18H33O10P. The lowest BCUT2D eigenvalue weighted by Crippen LogP contribution is -2.39. The Morgan fingerprint density at radius 3 is 1.07 bits per heavy atom. The van der Waals surface area contributed by atoms with Crippen molar-refractivity contribution in [2.24, 2.45) is 0 Å². The maximum atomic E-state index is 13.9. The Morgan fingerprint density at radius 2 is 0.897 bits per heavy atom. The molecule has 0 aliphatic carbocycles. The van der Waals surface area contributed by atoms with Crippen LogP contribution in [-0.4, -0.2) is 96.1 Å². The monoisotopic (exact) mass is 440 g/mol. The summed E-state index contributed by atoms with van der Waals surface area (Å²) in [6, 6.07) is 0. The van der Waals surface area contributed by atoms with Crippen LogP contribution in [0.2, 0.25) is 0 Å². The van der Waals surface area contributed by atoms with E-state index in [-0.39, 0.29) is 36.6 Å². The van der Waals surface area contributed by atoms with Crippen molar-refractivity contribution in [2.45, 2.75) is 75.7 Å². The van der Waals surface area contributed by atoms with Crippen LogP contribution in [0.3, 0.4) is 0 Å². The molecule has 0 saturated carbocycles. The van der Waals surface area contributed by atoms with Gasteiger partial charge in [0.15, 0.2) is 0 Å². The first-order valence-electron chi connectivity index (χ1n) is 9.90. The van der Waals surface area contributed by atoms with Gasteiger partial charge in [-0.1, -0.05) is 0 Å². The number of hydrogen-bond acceptors (Lipinski definition) is 10. The van der Waals surface area contributed by atoms with E-state index in [9.17, 15) is 4.57 Å². The zero-order valence-corrected chi connectivity index (χ0v) is 18.7. The molecule has 0 aromatic rings. The van der Waals surface area contributed by atoms with Crippen molar-refractivity contribution in [3.8, 4) is 0 Å². The topological polar surface area (TPSA) is 110 Å². The lowest BCUT2D eigenvalue weighted by molar-refractivity contribution is -0.0767. The SMILES string of the molecule is COC(C)C(OP(=O)(OC(C(C)OC)C1CO1)OC(C(C)OC)C1CO1)C1CO1. The van der Waals surface area contributed by atoms with Gasteiger partial charge in [0.25, 0.3) is 0 Å². The van der Waals surface area contributed by atoms with Gasteiger partial charge in [0.05, 0.1) is 38.1 Å². The molecule has 3 aliphatic rings. The summed E-state index contributed by atoms with van der Waals surface area (Å²) >= 11 is 0. The minimum Gasteiger partial charge on any atom is -0.379 e. The molecule has 9 atom stereocenters. The van der Waals surface area contributed by atoms with Crippen LogP contribution in [0.25, 0.3) is 0 Å². The van der Waals surface area contributed by atoms with Gasteiger partial charge in [-0.2, -0.15) is 0 Å². The van der Waals surface area contributed by atoms with Gasteiger partial charge in [-0.15, -0.1) is 0 Å². The molecule has 3 saturated heterocycles. The molecule has 170 valence electrons. The molecule has 0 bridgehead atoms. The molecular weight excluding hydrogens is 407 g/mol. The Labute approximate surface area is 171 Å². The smallest absolute Gasteiger partial charge is 0.379 e. The highest BCUT2D eigenvalue weighted by Crippen LogP contribution is 2.56. The van der Waals surface area contributed by atoms with Crippen molar-refractivity contribution >= 4 is 7.82 Å². The molecule has 0 N–H and O–H groups in total. The molecule has 29 heavy (non-hydrogen) atoms. The molecule has 9 unspecified atom stereocenters. The van der Waals surface area contributed by atoms with Gasteiger partial charge in [0.1, 0.15) is 36.6 Å². The summed E-state index contributed by atoms with van der Waals surface area (Å²) in [6.07, 6.45) is -3.73. The van der Waals surface area contributed by atoms with E-state index >= 15 is 0 Å². The number of phosphoric ester groups is 1. The summed E-state index contributed by atoms with van der Waals surface area (Å²) in [5.74, 6) is 0. The Balaban J connectivity index is 1.81. The minimum absolute atomic E-state index is 0.239. The Morgan fingerprint density at radius 1 is 0.655 bits per heavy atom. The molecule has 3 rings (SSSR count). The lowest BCUT2D eigenvalue weighted by atomic mass is 10.2. The first-order valence-corrected chi connectivity index (χ1v) is 11.4. The van der Waals surface area contributed by atoms with Gasteiger partial charge in [-0.25, -0.2) is 4.57 Å². The average molecular weight is 440 g/mol. The normalized spacial score (nSPS) is 33.8. The third kappa shape index (κ3) is 6.43. The quantitative estimate of drug-likeness (QED) is 0.275. The molecule has 0 radical (unpaired) electrons. The van der Waals surface area contributed by atoms with Crippen molar-refractivity contribution < 1.29 is 46.6 Å². The highest BCUT2D eigenvalue weighted by atomic mass is 31.2. The van der Waals surface area contributed by atoms with E-state index in [4.69, 9.17) is 42.0 Å².